The molecule has 7 nitrogen and oxygen atoms in total. The van der Waals surface area contributed by atoms with E-state index >= 15 is 0 Å². The zero-order valence-electron chi connectivity index (χ0n) is 17.8. The van der Waals surface area contributed by atoms with E-state index in [0.717, 1.165) is 49.5 Å². The van der Waals surface area contributed by atoms with Crippen LogP contribution in [0.1, 0.15) is 48.0 Å². The number of nitrogen functional groups attached to an aromatic ring is 1. The summed E-state index contributed by atoms with van der Waals surface area (Å²) in [5.74, 6) is 4.07. The topological polar surface area (TPSA) is 87.2 Å². The van der Waals surface area contributed by atoms with E-state index in [1.807, 2.05) is 10.9 Å². The van der Waals surface area contributed by atoms with Gasteiger partial charge in [-0.2, -0.15) is 5.10 Å². The van der Waals surface area contributed by atoms with Crippen LogP contribution in [0.2, 0.25) is 0 Å². The number of pyridine rings is 1. The van der Waals surface area contributed by atoms with E-state index < -0.39 is 17.2 Å². The van der Waals surface area contributed by atoms with Gasteiger partial charge in [0.15, 0.2) is 23.1 Å². The van der Waals surface area contributed by atoms with E-state index in [1.165, 1.54) is 14.2 Å². The quantitative estimate of drug-likeness (QED) is 0.608. The highest BCUT2D eigenvalue weighted by atomic mass is 19.1. The number of fused-ring (bicyclic) bond motifs is 1. The summed E-state index contributed by atoms with van der Waals surface area (Å²) in [7, 11) is 2.59. The molecule has 166 valence electrons. The van der Waals surface area contributed by atoms with Crippen molar-refractivity contribution in [2.24, 2.45) is 0 Å². The summed E-state index contributed by atoms with van der Waals surface area (Å²) in [6.07, 6.45) is 4.93. The van der Waals surface area contributed by atoms with E-state index in [-0.39, 0.29) is 17.5 Å². The lowest BCUT2D eigenvalue weighted by molar-refractivity contribution is 0.357. The van der Waals surface area contributed by atoms with Crippen molar-refractivity contribution >= 4 is 16.7 Å². The molecule has 2 aromatic heterocycles. The second-order valence-corrected chi connectivity index (χ2v) is 8.07. The fourth-order valence-electron chi connectivity index (χ4n) is 4.23. The average molecular weight is 439 g/mol. The van der Waals surface area contributed by atoms with Gasteiger partial charge < -0.3 is 20.5 Å². The maximum atomic E-state index is 14.8. The number of halogens is 2. The lowest BCUT2D eigenvalue weighted by atomic mass is 10.1. The molecular weight excluding hydrogens is 416 g/mol. The monoisotopic (exact) mass is 439 g/mol. The average Bonchev–Trinajstić information content (AvgIpc) is 3.34. The van der Waals surface area contributed by atoms with Crippen molar-refractivity contribution in [3.8, 4) is 23.3 Å². The number of hydrogen-bond donors (Lipinski definition) is 2. The highest BCUT2D eigenvalue weighted by molar-refractivity contribution is 5.95. The third-order valence-electron chi connectivity index (χ3n) is 6.06. The molecule has 1 aromatic carbocycles. The van der Waals surface area contributed by atoms with Gasteiger partial charge in [0.25, 0.3) is 0 Å². The van der Waals surface area contributed by atoms with E-state index in [4.69, 9.17) is 20.3 Å². The number of aromatic nitrogens is 3. The van der Waals surface area contributed by atoms with Crippen molar-refractivity contribution in [2.45, 2.75) is 31.2 Å². The standard InChI is InChI=1S/C23H23F2N5O2/c1-31-17-9-18(32-2)21(25)14(20(17)24)5-6-16-19-22(30(29-16)13-7-8-27-10-13)15(12-3-4-12)11-28-23(19)26/h9,11-13,27H,3-4,7-8,10H2,1-2H3,(H2,26,28). The predicted octanol–water partition coefficient (Wildman–Crippen LogP) is 3.12. The smallest absolute Gasteiger partial charge is 0.183 e. The number of ether oxygens (including phenoxy) is 2. The number of nitrogens with one attached hydrogen (secondary N) is 1. The molecule has 3 heterocycles. The number of nitrogens with zero attached hydrogens (tertiary/aromatic N) is 3. The molecule has 3 aromatic rings. The highest BCUT2D eigenvalue weighted by Gasteiger charge is 2.31. The molecule has 0 amide bonds. The zero-order chi connectivity index (χ0) is 22.4. The molecule has 0 radical (unpaired) electrons. The summed E-state index contributed by atoms with van der Waals surface area (Å²) in [4.78, 5) is 4.37. The maximum Gasteiger partial charge on any atom is 0.183 e. The van der Waals surface area contributed by atoms with Crippen molar-refractivity contribution in [2.75, 3.05) is 33.0 Å². The van der Waals surface area contributed by atoms with Gasteiger partial charge in [-0.25, -0.2) is 13.8 Å². The van der Waals surface area contributed by atoms with Crippen LogP contribution in [-0.4, -0.2) is 42.1 Å². The van der Waals surface area contributed by atoms with Gasteiger partial charge in [0.1, 0.15) is 17.1 Å². The molecule has 1 saturated carbocycles. The Labute approximate surface area is 183 Å². The molecule has 1 aliphatic heterocycles. The molecule has 3 N–H and O–H groups in total. The van der Waals surface area contributed by atoms with Gasteiger partial charge in [-0.05, 0) is 43.2 Å². The molecule has 2 fully saturated rings. The minimum atomic E-state index is -0.896. The molecule has 5 rings (SSSR count). The van der Waals surface area contributed by atoms with Crippen LogP contribution in [-0.2, 0) is 0 Å². The first kappa shape index (κ1) is 20.5. The lowest BCUT2D eigenvalue weighted by Crippen LogP contribution is -2.15. The van der Waals surface area contributed by atoms with Gasteiger partial charge in [-0.1, -0.05) is 5.92 Å². The van der Waals surface area contributed by atoms with Crippen molar-refractivity contribution < 1.29 is 18.3 Å². The summed E-state index contributed by atoms with van der Waals surface area (Å²) >= 11 is 0. The van der Waals surface area contributed by atoms with Gasteiger partial charge in [-0.15, -0.1) is 0 Å². The van der Waals surface area contributed by atoms with Crippen LogP contribution in [0.25, 0.3) is 10.9 Å². The van der Waals surface area contributed by atoms with Crippen LogP contribution < -0.4 is 20.5 Å². The fraction of sp³-hybridized carbons (Fsp3) is 0.391. The Kier molecular flexibility index (Phi) is 5.10. The van der Waals surface area contributed by atoms with Crippen LogP contribution in [0.4, 0.5) is 14.6 Å². The minimum absolute atomic E-state index is 0.151. The Morgan fingerprint density at radius 3 is 2.44 bits per heavy atom. The Hall–Kier alpha value is -3.38. The number of benzene rings is 1. The van der Waals surface area contributed by atoms with Crippen LogP contribution in [0.15, 0.2) is 12.3 Å². The third kappa shape index (κ3) is 3.31. The predicted molar refractivity (Wildman–Crippen MR) is 116 cm³/mol. The van der Waals surface area contributed by atoms with Gasteiger partial charge in [-0.3, -0.25) is 4.68 Å². The van der Waals surface area contributed by atoms with Gasteiger partial charge in [0.2, 0.25) is 0 Å². The number of nitrogens with two attached hydrogens (primary N) is 1. The number of rotatable bonds is 4. The van der Waals surface area contributed by atoms with Crippen LogP contribution in [0.5, 0.6) is 11.5 Å². The first-order valence-corrected chi connectivity index (χ1v) is 10.5. The zero-order valence-corrected chi connectivity index (χ0v) is 17.8. The van der Waals surface area contributed by atoms with Crippen molar-refractivity contribution in [3.63, 3.8) is 0 Å². The van der Waals surface area contributed by atoms with E-state index in [1.54, 1.807) is 0 Å². The first-order valence-electron chi connectivity index (χ1n) is 10.5. The third-order valence-corrected chi connectivity index (χ3v) is 6.06. The van der Waals surface area contributed by atoms with Gasteiger partial charge in [0.05, 0.1) is 31.2 Å². The molecule has 1 atom stereocenters. The van der Waals surface area contributed by atoms with Crippen molar-refractivity contribution in [1.29, 1.82) is 0 Å². The Morgan fingerprint density at radius 2 is 1.84 bits per heavy atom. The maximum absolute atomic E-state index is 14.8. The van der Waals surface area contributed by atoms with Crippen LogP contribution >= 0.6 is 0 Å². The first-order chi connectivity index (χ1) is 15.5. The lowest BCUT2D eigenvalue weighted by Gasteiger charge is -2.13. The van der Waals surface area contributed by atoms with E-state index in [9.17, 15) is 8.78 Å². The number of anilines is 1. The number of hydrogen-bond acceptors (Lipinski definition) is 6. The Morgan fingerprint density at radius 1 is 1.12 bits per heavy atom. The van der Waals surface area contributed by atoms with E-state index in [2.05, 4.69) is 22.1 Å². The molecule has 1 aliphatic carbocycles. The molecule has 2 aliphatic rings. The van der Waals surface area contributed by atoms with Crippen LogP contribution in [0, 0.1) is 23.5 Å². The van der Waals surface area contributed by atoms with Gasteiger partial charge >= 0.3 is 0 Å². The molecule has 1 unspecified atom stereocenters. The SMILES string of the molecule is COc1cc(OC)c(F)c(C#Cc2nn(C3CCNC3)c3c(C4CC4)cnc(N)c23)c1F. The highest BCUT2D eigenvalue weighted by Crippen LogP contribution is 2.44. The van der Waals surface area contributed by atoms with Crippen molar-refractivity contribution in [3.05, 3.63) is 40.7 Å². The Bertz CT molecular complexity index is 1240. The molecule has 9 heteroatoms. The Balaban J connectivity index is 1.71. The molecule has 1 saturated heterocycles. The summed E-state index contributed by atoms with van der Waals surface area (Å²) < 4.78 is 41.5. The second kappa shape index (κ2) is 7.95. The second-order valence-electron chi connectivity index (χ2n) is 8.07. The summed E-state index contributed by atoms with van der Waals surface area (Å²) in [5, 5.41) is 8.72. The van der Waals surface area contributed by atoms with Crippen LogP contribution in [0.3, 0.4) is 0 Å². The molecule has 0 spiro atoms. The van der Waals surface area contributed by atoms with E-state index in [0.29, 0.717) is 22.8 Å². The summed E-state index contributed by atoms with van der Waals surface area (Å²) in [6, 6.07) is 1.30. The molecular formula is C23H23F2N5O2. The molecule has 32 heavy (non-hydrogen) atoms. The minimum Gasteiger partial charge on any atom is -0.493 e. The fourth-order valence-corrected chi connectivity index (χ4v) is 4.23. The summed E-state index contributed by atoms with van der Waals surface area (Å²) in [5.41, 5.74) is 8.16. The van der Waals surface area contributed by atoms with Crippen molar-refractivity contribution in [1.82, 2.24) is 20.1 Å². The molecule has 0 bridgehead atoms. The largest absolute Gasteiger partial charge is 0.493 e. The summed E-state index contributed by atoms with van der Waals surface area (Å²) in [6.45, 7) is 1.68. The normalized spacial score (nSPS) is 17.9. The number of methoxy groups -OCH3 is 2. The van der Waals surface area contributed by atoms with Gasteiger partial charge in [0, 0.05) is 18.8 Å².